The molecule has 0 fully saturated rings. The molecule has 4 heteroatoms. The summed E-state index contributed by atoms with van der Waals surface area (Å²) in [7, 11) is 3.17. The molecule has 1 atom stereocenters. The van der Waals surface area contributed by atoms with E-state index in [1.54, 1.807) is 14.2 Å². The molecule has 0 saturated heterocycles. The maximum atomic E-state index is 10.6. The standard InChI is InChI=1S/C15H15BrO3/c1-18-13-9-4-3-6-10(13)14(17)11-7-5-8-12(16)15(11)19-2/h3-9,14,17H,1-2H3. The quantitative estimate of drug-likeness (QED) is 0.935. The van der Waals surface area contributed by atoms with E-state index in [0.29, 0.717) is 22.6 Å². The second kappa shape index (κ2) is 6.08. The van der Waals surface area contributed by atoms with Gasteiger partial charge in [0.15, 0.2) is 0 Å². The molecule has 0 aliphatic rings. The zero-order valence-electron chi connectivity index (χ0n) is 10.8. The summed E-state index contributed by atoms with van der Waals surface area (Å²) in [6, 6.07) is 13.0. The van der Waals surface area contributed by atoms with E-state index in [1.807, 2.05) is 42.5 Å². The van der Waals surface area contributed by atoms with Crippen LogP contribution in [0.25, 0.3) is 0 Å². The minimum atomic E-state index is -0.802. The van der Waals surface area contributed by atoms with Crippen molar-refractivity contribution in [2.75, 3.05) is 14.2 Å². The van der Waals surface area contributed by atoms with Crippen molar-refractivity contribution in [2.45, 2.75) is 6.10 Å². The molecule has 1 unspecified atom stereocenters. The van der Waals surface area contributed by atoms with Crippen LogP contribution < -0.4 is 9.47 Å². The van der Waals surface area contributed by atoms with Crippen LogP contribution in [0.4, 0.5) is 0 Å². The first-order valence-corrected chi connectivity index (χ1v) is 6.61. The molecule has 0 aromatic heterocycles. The Bertz CT molecular complexity index is 569. The summed E-state index contributed by atoms with van der Waals surface area (Å²) >= 11 is 3.42. The molecule has 0 heterocycles. The highest BCUT2D eigenvalue weighted by Crippen LogP contribution is 2.38. The van der Waals surface area contributed by atoms with Crippen LogP contribution in [-0.4, -0.2) is 19.3 Å². The van der Waals surface area contributed by atoms with Crippen molar-refractivity contribution in [3.05, 3.63) is 58.1 Å². The maximum absolute atomic E-state index is 10.6. The van der Waals surface area contributed by atoms with Gasteiger partial charge in [-0.1, -0.05) is 30.3 Å². The van der Waals surface area contributed by atoms with Gasteiger partial charge in [0.1, 0.15) is 17.6 Å². The van der Waals surface area contributed by atoms with Crippen LogP contribution in [0.3, 0.4) is 0 Å². The molecule has 19 heavy (non-hydrogen) atoms. The average molecular weight is 323 g/mol. The molecule has 2 aromatic carbocycles. The van der Waals surface area contributed by atoms with E-state index in [4.69, 9.17) is 9.47 Å². The fraction of sp³-hybridized carbons (Fsp3) is 0.200. The van der Waals surface area contributed by atoms with E-state index in [9.17, 15) is 5.11 Å². The van der Waals surface area contributed by atoms with Gasteiger partial charge in [-0.15, -0.1) is 0 Å². The van der Waals surface area contributed by atoms with E-state index in [1.165, 1.54) is 0 Å². The van der Waals surface area contributed by atoms with Crippen LogP contribution in [0.15, 0.2) is 46.9 Å². The lowest BCUT2D eigenvalue weighted by Crippen LogP contribution is -2.04. The molecule has 1 N–H and O–H groups in total. The number of halogens is 1. The Kier molecular flexibility index (Phi) is 4.45. The number of benzene rings is 2. The first kappa shape index (κ1) is 13.9. The lowest BCUT2D eigenvalue weighted by atomic mass is 10.00. The van der Waals surface area contributed by atoms with E-state index >= 15 is 0 Å². The highest BCUT2D eigenvalue weighted by molar-refractivity contribution is 9.10. The van der Waals surface area contributed by atoms with Crippen LogP contribution in [0.5, 0.6) is 11.5 Å². The van der Waals surface area contributed by atoms with E-state index in [0.717, 1.165) is 4.47 Å². The fourth-order valence-electron chi connectivity index (χ4n) is 2.02. The Labute approximate surface area is 120 Å². The molecule has 0 amide bonds. The smallest absolute Gasteiger partial charge is 0.139 e. The first-order chi connectivity index (χ1) is 9.19. The number of methoxy groups -OCH3 is 2. The largest absolute Gasteiger partial charge is 0.496 e. The molecule has 2 rings (SSSR count). The minimum absolute atomic E-state index is 0.626. The summed E-state index contributed by atoms with van der Waals surface area (Å²) in [5.74, 6) is 1.28. The highest BCUT2D eigenvalue weighted by Gasteiger charge is 2.20. The fourth-order valence-corrected chi connectivity index (χ4v) is 2.56. The lowest BCUT2D eigenvalue weighted by Gasteiger charge is -2.18. The highest BCUT2D eigenvalue weighted by atomic mass is 79.9. The number of ether oxygens (including phenoxy) is 2. The van der Waals surface area contributed by atoms with E-state index in [2.05, 4.69) is 15.9 Å². The number of aliphatic hydroxyl groups is 1. The van der Waals surface area contributed by atoms with Gasteiger partial charge < -0.3 is 14.6 Å². The number of rotatable bonds is 4. The van der Waals surface area contributed by atoms with Gasteiger partial charge in [0.2, 0.25) is 0 Å². The SMILES string of the molecule is COc1ccccc1C(O)c1cccc(Br)c1OC. The monoisotopic (exact) mass is 322 g/mol. The molecule has 0 spiro atoms. The molecule has 0 aliphatic carbocycles. The van der Waals surface area contributed by atoms with Crippen LogP contribution in [0, 0.1) is 0 Å². The summed E-state index contributed by atoms with van der Waals surface area (Å²) in [6.07, 6.45) is -0.802. The summed E-state index contributed by atoms with van der Waals surface area (Å²) in [5.41, 5.74) is 1.41. The summed E-state index contributed by atoms with van der Waals surface area (Å²) in [5, 5.41) is 10.6. The van der Waals surface area contributed by atoms with Crippen molar-refractivity contribution in [1.82, 2.24) is 0 Å². The van der Waals surface area contributed by atoms with E-state index < -0.39 is 6.10 Å². The Morgan fingerprint density at radius 2 is 1.63 bits per heavy atom. The maximum Gasteiger partial charge on any atom is 0.139 e. The molecule has 0 radical (unpaired) electrons. The predicted molar refractivity (Wildman–Crippen MR) is 77.7 cm³/mol. The van der Waals surface area contributed by atoms with Crippen molar-refractivity contribution in [2.24, 2.45) is 0 Å². The molecule has 2 aromatic rings. The zero-order valence-corrected chi connectivity index (χ0v) is 12.3. The van der Waals surface area contributed by atoms with Gasteiger partial charge >= 0.3 is 0 Å². The van der Waals surface area contributed by atoms with Crippen LogP contribution in [0.2, 0.25) is 0 Å². The molecule has 100 valence electrons. The summed E-state index contributed by atoms with van der Waals surface area (Å²) in [4.78, 5) is 0. The number of hydrogen-bond donors (Lipinski definition) is 1. The van der Waals surface area contributed by atoms with Crippen molar-refractivity contribution in [3.63, 3.8) is 0 Å². The molecule has 3 nitrogen and oxygen atoms in total. The zero-order chi connectivity index (χ0) is 13.8. The van der Waals surface area contributed by atoms with Crippen LogP contribution >= 0.6 is 15.9 Å². The van der Waals surface area contributed by atoms with Crippen LogP contribution in [-0.2, 0) is 0 Å². The number of hydrogen-bond acceptors (Lipinski definition) is 3. The van der Waals surface area contributed by atoms with Crippen molar-refractivity contribution in [3.8, 4) is 11.5 Å². The van der Waals surface area contributed by atoms with Crippen molar-refractivity contribution < 1.29 is 14.6 Å². The van der Waals surface area contributed by atoms with Gasteiger partial charge in [-0.25, -0.2) is 0 Å². The normalized spacial score (nSPS) is 12.0. The third-order valence-corrected chi connectivity index (χ3v) is 3.55. The van der Waals surface area contributed by atoms with Gasteiger partial charge in [-0.3, -0.25) is 0 Å². The number of para-hydroxylation sites is 2. The van der Waals surface area contributed by atoms with Crippen molar-refractivity contribution >= 4 is 15.9 Å². The van der Waals surface area contributed by atoms with Gasteiger partial charge in [0.25, 0.3) is 0 Å². The van der Waals surface area contributed by atoms with Crippen molar-refractivity contribution in [1.29, 1.82) is 0 Å². The third-order valence-electron chi connectivity index (χ3n) is 2.93. The molecular weight excluding hydrogens is 308 g/mol. The first-order valence-electron chi connectivity index (χ1n) is 5.82. The van der Waals surface area contributed by atoms with Gasteiger partial charge in [0, 0.05) is 11.1 Å². The number of aliphatic hydroxyl groups excluding tert-OH is 1. The van der Waals surface area contributed by atoms with E-state index in [-0.39, 0.29) is 0 Å². The summed E-state index contributed by atoms with van der Waals surface area (Å²) in [6.45, 7) is 0. The van der Waals surface area contributed by atoms with Gasteiger partial charge in [-0.05, 0) is 28.1 Å². The Morgan fingerprint density at radius 1 is 0.947 bits per heavy atom. The van der Waals surface area contributed by atoms with Gasteiger partial charge in [0.05, 0.1) is 18.7 Å². The molecule has 0 aliphatic heterocycles. The minimum Gasteiger partial charge on any atom is -0.496 e. The lowest BCUT2D eigenvalue weighted by molar-refractivity contribution is 0.209. The third kappa shape index (κ3) is 2.74. The predicted octanol–water partition coefficient (Wildman–Crippen LogP) is 3.55. The second-order valence-corrected chi connectivity index (χ2v) is 4.86. The molecule has 0 bridgehead atoms. The Balaban J connectivity index is 2.50. The molecule has 0 saturated carbocycles. The second-order valence-electron chi connectivity index (χ2n) is 4.01. The Hall–Kier alpha value is -1.52. The molecular formula is C15H15BrO3. The summed E-state index contributed by atoms with van der Waals surface area (Å²) < 4.78 is 11.4. The van der Waals surface area contributed by atoms with Gasteiger partial charge in [-0.2, -0.15) is 0 Å². The Morgan fingerprint density at radius 3 is 2.32 bits per heavy atom. The average Bonchev–Trinajstić information content (AvgIpc) is 2.46. The van der Waals surface area contributed by atoms with Crippen LogP contribution in [0.1, 0.15) is 17.2 Å². The topological polar surface area (TPSA) is 38.7 Å².